The first-order valence-corrected chi connectivity index (χ1v) is 6.53. The first-order valence-electron chi connectivity index (χ1n) is 6.53. The van der Waals surface area contributed by atoms with Gasteiger partial charge in [0.05, 0.1) is 11.5 Å². The van der Waals surface area contributed by atoms with Gasteiger partial charge in [-0.3, -0.25) is 4.79 Å². The van der Waals surface area contributed by atoms with Crippen molar-refractivity contribution in [2.75, 3.05) is 13.1 Å². The number of rotatable bonds is 4. The van der Waals surface area contributed by atoms with Gasteiger partial charge in [-0.2, -0.15) is 5.26 Å². The molecule has 7 nitrogen and oxygen atoms in total. The summed E-state index contributed by atoms with van der Waals surface area (Å²) in [5.74, 6) is 0.120. The predicted octanol–water partition coefficient (Wildman–Crippen LogP) is 0.606. The van der Waals surface area contributed by atoms with Crippen molar-refractivity contribution in [3.8, 4) is 6.07 Å². The van der Waals surface area contributed by atoms with Gasteiger partial charge in [0.15, 0.2) is 0 Å². The summed E-state index contributed by atoms with van der Waals surface area (Å²) >= 11 is 0. The first-order chi connectivity index (χ1) is 9.13. The maximum Gasteiger partial charge on any atom is 0.222 e. The van der Waals surface area contributed by atoms with Crippen LogP contribution in [-0.2, 0) is 11.3 Å². The minimum absolute atomic E-state index is 0.120. The smallest absolute Gasteiger partial charge is 0.222 e. The second kappa shape index (κ2) is 5.78. The summed E-state index contributed by atoms with van der Waals surface area (Å²) in [5.41, 5.74) is -0.385. The molecule has 1 amide bonds. The number of aryl methyl sites for hydroxylation is 1. The minimum atomic E-state index is -0.385. The quantitative estimate of drug-likeness (QED) is 0.793. The van der Waals surface area contributed by atoms with E-state index in [1.54, 1.807) is 4.68 Å². The molecule has 102 valence electrons. The molecule has 2 rings (SSSR count). The Labute approximate surface area is 112 Å². The van der Waals surface area contributed by atoms with Gasteiger partial charge in [0.25, 0.3) is 0 Å². The number of likely N-dealkylation sites (tertiary alicyclic amines) is 1. The van der Waals surface area contributed by atoms with Gasteiger partial charge in [-0.05, 0) is 36.6 Å². The number of nitrogens with zero attached hydrogens (tertiary/aromatic N) is 6. The average Bonchev–Trinajstić information content (AvgIpc) is 2.92. The molecule has 1 aromatic rings. The van der Waals surface area contributed by atoms with Crippen molar-refractivity contribution < 1.29 is 4.79 Å². The number of carbonyl (C=O) groups excluding carboxylic acids is 1. The summed E-state index contributed by atoms with van der Waals surface area (Å²) in [4.78, 5) is 13.9. The molecular weight excluding hydrogens is 244 g/mol. The number of nitriles is 1. The van der Waals surface area contributed by atoms with Crippen molar-refractivity contribution in [3.05, 3.63) is 6.33 Å². The van der Waals surface area contributed by atoms with E-state index in [1.807, 2.05) is 11.8 Å². The van der Waals surface area contributed by atoms with Crippen LogP contribution in [0.1, 0.15) is 32.6 Å². The highest BCUT2D eigenvalue weighted by atomic mass is 16.2. The molecule has 0 spiro atoms. The number of aromatic nitrogens is 4. The van der Waals surface area contributed by atoms with E-state index in [0.29, 0.717) is 25.9 Å². The number of hydrogen-bond acceptors (Lipinski definition) is 5. The third-order valence-electron chi connectivity index (χ3n) is 3.49. The summed E-state index contributed by atoms with van der Waals surface area (Å²) < 4.78 is 1.61. The molecule has 0 radical (unpaired) electrons. The third-order valence-corrected chi connectivity index (χ3v) is 3.49. The van der Waals surface area contributed by atoms with Gasteiger partial charge in [-0.1, -0.05) is 0 Å². The Morgan fingerprint density at radius 1 is 1.58 bits per heavy atom. The van der Waals surface area contributed by atoms with E-state index in [2.05, 4.69) is 21.6 Å². The molecule has 0 aromatic carbocycles. The molecule has 0 aliphatic carbocycles. The zero-order valence-electron chi connectivity index (χ0n) is 11.1. The molecule has 19 heavy (non-hydrogen) atoms. The number of tetrazole rings is 1. The second-order valence-corrected chi connectivity index (χ2v) is 5.27. The molecule has 0 N–H and O–H groups in total. The Balaban J connectivity index is 1.78. The van der Waals surface area contributed by atoms with Gasteiger partial charge in [-0.25, -0.2) is 4.68 Å². The molecule has 1 atom stereocenters. The van der Waals surface area contributed by atoms with Gasteiger partial charge in [0.2, 0.25) is 5.91 Å². The molecule has 1 saturated heterocycles. The largest absolute Gasteiger partial charge is 0.341 e. The Hall–Kier alpha value is -1.97. The summed E-state index contributed by atoms with van der Waals surface area (Å²) in [6, 6.07) is 2.32. The second-order valence-electron chi connectivity index (χ2n) is 5.27. The summed E-state index contributed by atoms with van der Waals surface area (Å²) in [5, 5.41) is 20.0. The van der Waals surface area contributed by atoms with E-state index in [1.165, 1.54) is 6.33 Å². The van der Waals surface area contributed by atoms with E-state index in [9.17, 15) is 4.79 Å². The van der Waals surface area contributed by atoms with Crippen LogP contribution in [0, 0.1) is 16.7 Å². The van der Waals surface area contributed by atoms with Gasteiger partial charge < -0.3 is 4.90 Å². The summed E-state index contributed by atoms with van der Waals surface area (Å²) in [6.07, 6.45) is 4.50. The monoisotopic (exact) mass is 262 g/mol. The first kappa shape index (κ1) is 13.5. The van der Waals surface area contributed by atoms with Crippen LogP contribution in [-0.4, -0.2) is 44.1 Å². The number of piperidine rings is 1. The van der Waals surface area contributed by atoms with Crippen molar-refractivity contribution in [1.29, 1.82) is 5.26 Å². The van der Waals surface area contributed by atoms with Gasteiger partial charge >= 0.3 is 0 Å². The molecule has 7 heteroatoms. The Bertz CT molecular complexity index is 465. The predicted molar refractivity (Wildman–Crippen MR) is 66.6 cm³/mol. The number of hydrogen-bond donors (Lipinski definition) is 0. The highest BCUT2D eigenvalue weighted by Gasteiger charge is 2.32. The zero-order chi connectivity index (χ0) is 13.7. The van der Waals surface area contributed by atoms with Crippen LogP contribution in [0.15, 0.2) is 6.33 Å². The molecule has 2 heterocycles. The van der Waals surface area contributed by atoms with Crippen LogP contribution in [0.4, 0.5) is 0 Å². The van der Waals surface area contributed by atoms with Crippen LogP contribution in [0.25, 0.3) is 0 Å². The van der Waals surface area contributed by atoms with Gasteiger partial charge in [0.1, 0.15) is 6.33 Å². The maximum atomic E-state index is 12.1. The topological polar surface area (TPSA) is 87.7 Å². The van der Waals surface area contributed by atoms with Gasteiger partial charge in [-0.15, -0.1) is 5.10 Å². The fraction of sp³-hybridized carbons (Fsp3) is 0.750. The molecule has 1 aliphatic rings. The Kier molecular flexibility index (Phi) is 4.10. The lowest BCUT2D eigenvalue weighted by Crippen LogP contribution is -2.44. The molecule has 1 aliphatic heterocycles. The summed E-state index contributed by atoms with van der Waals surface area (Å²) in [6.45, 7) is 3.88. The standard InChI is InChI=1S/C12H18N6O/c1-12(8-13)5-3-6-17(9-12)11(19)4-2-7-18-10-14-15-16-18/h10H,2-7,9H2,1H3/t12-/m1/s1. The van der Waals surface area contributed by atoms with Crippen molar-refractivity contribution in [3.63, 3.8) is 0 Å². The van der Waals surface area contributed by atoms with E-state index >= 15 is 0 Å². The van der Waals surface area contributed by atoms with Crippen LogP contribution < -0.4 is 0 Å². The number of amides is 1. The van der Waals surface area contributed by atoms with Crippen molar-refractivity contribution in [2.24, 2.45) is 5.41 Å². The van der Waals surface area contributed by atoms with Crippen LogP contribution >= 0.6 is 0 Å². The summed E-state index contributed by atoms with van der Waals surface area (Å²) in [7, 11) is 0. The van der Waals surface area contributed by atoms with E-state index < -0.39 is 0 Å². The molecular formula is C12H18N6O. The molecule has 1 fully saturated rings. The van der Waals surface area contributed by atoms with Crippen LogP contribution in [0.5, 0.6) is 0 Å². The highest BCUT2D eigenvalue weighted by molar-refractivity contribution is 5.76. The lowest BCUT2D eigenvalue weighted by molar-refractivity contribution is -0.133. The van der Waals surface area contributed by atoms with E-state index in [-0.39, 0.29) is 11.3 Å². The number of carbonyl (C=O) groups is 1. The minimum Gasteiger partial charge on any atom is -0.341 e. The van der Waals surface area contributed by atoms with Crippen molar-refractivity contribution in [1.82, 2.24) is 25.1 Å². The Morgan fingerprint density at radius 3 is 3.11 bits per heavy atom. The third kappa shape index (κ3) is 3.50. The Morgan fingerprint density at radius 2 is 2.42 bits per heavy atom. The average molecular weight is 262 g/mol. The normalized spacial score (nSPS) is 23.1. The fourth-order valence-electron chi connectivity index (χ4n) is 2.38. The SMILES string of the molecule is C[C@]1(C#N)CCCN(C(=O)CCCn2cnnn2)C1. The van der Waals surface area contributed by atoms with Crippen molar-refractivity contribution >= 4 is 5.91 Å². The van der Waals surface area contributed by atoms with Crippen molar-refractivity contribution in [2.45, 2.75) is 39.2 Å². The molecule has 0 unspecified atom stereocenters. The van der Waals surface area contributed by atoms with Crippen LogP contribution in [0.3, 0.4) is 0 Å². The molecule has 0 bridgehead atoms. The van der Waals surface area contributed by atoms with E-state index in [4.69, 9.17) is 5.26 Å². The van der Waals surface area contributed by atoms with Gasteiger partial charge in [0, 0.05) is 26.1 Å². The zero-order valence-corrected chi connectivity index (χ0v) is 11.1. The molecule has 1 aromatic heterocycles. The highest BCUT2D eigenvalue weighted by Crippen LogP contribution is 2.28. The maximum absolute atomic E-state index is 12.1. The van der Waals surface area contributed by atoms with Crippen LogP contribution in [0.2, 0.25) is 0 Å². The lowest BCUT2D eigenvalue weighted by atomic mass is 9.83. The van der Waals surface area contributed by atoms with E-state index in [0.717, 1.165) is 19.4 Å². The fourth-order valence-corrected chi connectivity index (χ4v) is 2.38. The molecule has 0 saturated carbocycles. The lowest BCUT2D eigenvalue weighted by Gasteiger charge is -2.36.